The Kier molecular flexibility index (Phi) is 5.86. The molecule has 1 heterocycles. The summed E-state index contributed by atoms with van der Waals surface area (Å²) in [7, 11) is 1.99. The predicted octanol–water partition coefficient (Wildman–Crippen LogP) is 3.42. The van der Waals surface area contributed by atoms with Gasteiger partial charge in [-0.2, -0.15) is 5.10 Å². The highest BCUT2D eigenvalue weighted by Gasteiger charge is 2.16. The molecule has 1 aromatic heterocycles. The Morgan fingerprint density at radius 3 is 2.61 bits per heavy atom. The van der Waals surface area contributed by atoms with Crippen LogP contribution >= 0.6 is 0 Å². The van der Waals surface area contributed by atoms with E-state index in [0.29, 0.717) is 5.41 Å². The lowest BCUT2D eigenvalue weighted by atomic mass is 9.87. The molecule has 104 valence electrons. The third-order valence-electron chi connectivity index (χ3n) is 3.71. The second-order valence-corrected chi connectivity index (χ2v) is 6.10. The highest BCUT2D eigenvalue weighted by atomic mass is 15.3. The van der Waals surface area contributed by atoms with Crippen LogP contribution in [-0.4, -0.2) is 16.3 Å². The molecule has 0 unspecified atom stereocenters. The number of unbranched alkanes of at least 4 members (excludes halogenated alkanes) is 2. The number of aromatic nitrogens is 2. The van der Waals surface area contributed by atoms with Crippen LogP contribution in [0.3, 0.4) is 0 Å². The van der Waals surface area contributed by atoms with Crippen molar-refractivity contribution in [3.05, 3.63) is 17.5 Å². The van der Waals surface area contributed by atoms with Crippen molar-refractivity contribution in [2.24, 2.45) is 12.5 Å². The summed E-state index contributed by atoms with van der Waals surface area (Å²) in [5, 5.41) is 7.84. The molecule has 0 bridgehead atoms. The van der Waals surface area contributed by atoms with Crippen LogP contribution in [0, 0.1) is 12.3 Å². The minimum absolute atomic E-state index is 0.394. The molecule has 3 nitrogen and oxygen atoms in total. The Morgan fingerprint density at radius 1 is 1.33 bits per heavy atom. The maximum Gasteiger partial charge on any atom is 0.0537 e. The van der Waals surface area contributed by atoms with Crippen LogP contribution in [-0.2, 0) is 13.6 Å². The van der Waals surface area contributed by atoms with Crippen molar-refractivity contribution in [2.75, 3.05) is 6.54 Å². The van der Waals surface area contributed by atoms with Gasteiger partial charge >= 0.3 is 0 Å². The summed E-state index contributed by atoms with van der Waals surface area (Å²) < 4.78 is 1.93. The minimum Gasteiger partial charge on any atom is -0.312 e. The molecule has 0 aromatic carbocycles. The van der Waals surface area contributed by atoms with Crippen molar-refractivity contribution in [3.63, 3.8) is 0 Å². The third-order valence-corrected chi connectivity index (χ3v) is 3.71. The van der Waals surface area contributed by atoms with Gasteiger partial charge in [0, 0.05) is 31.4 Å². The summed E-state index contributed by atoms with van der Waals surface area (Å²) >= 11 is 0. The summed E-state index contributed by atoms with van der Waals surface area (Å²) in [5.74, 6) is 0. The SMILES string of the molecule is CCCCCC(C)(C)CNCc1cnn(C)c1C. The lowest BCUT2D eigenvalue weighted by Crippen LogP contribution is -2.29. The van der Waals surface area contributed by atoms with E-state index in [1.54, 1.807) is 0 Å². The van der Waals surface area contributed by atoms with Crippen LogP contribution in [0.5, 0.6) is 0 Å². The first-order chi connectivity index (χ1) is 8.46. The standard InChI is InChI=1S/C15H29N3/c1-6-7-8-9-15(3,4)12-16-10-14-11-17-18(5)13(14)2/h11,16H,6-10,12H2,1-5H3. The molecule has 0 radical (unpaired) electrons. The van der Waals surface area contributed by atoms with Crippen LogP contribution in [0.25, 0.3) is 0 Å². The van der Waals surface area contributed by atoms with Gasteiger partial charge in [-0.3, -0.25) is 4.68 Å². The fourth-order valence-electron chi connectivity index (χ4n) is 2.20. The molecule has 0 aliphatic heterocycles. The van der Waals surface area contributed by atoms with E-state index in [1.165, 1.54) is 36.9 Å². The van der Waals surface area contributed by atoms with Gasteiger partial charge in [0.15, 0.2) is 0 Å². The van der Waals surface area contributed by atoms with E-state index in [4.69, 9.17) is 0 Å². The first-order valence-corrected chi connectivity index (χ1v) is 7.14. The van der Waals surface area contributed by atoms with Crippen LogP contribution in [0.1, 0.15) is 57.7 Å². The number of aryl methyl sites for hydroxylation is 1. The molecule has 18 heavy (non-hydrogen) atoms. The van der Waals surface area contributed by atoms with Crippen molar-refractivity contribution in [1.29, 1.82) is 0 Å². The first kappa shape index (κ1) is 15.2. The Labute approximate surface area is 112 Å². The molecule has 0 spiro atoms. The van der Waals surface area contributed by atoms with Crippen LogP contribution in [0.15, 0.2) is 6.20 Å². The van der Waals surface area contributed by atoms with Gasteiger partial charge < -0.3 is 5.32 Å². The maximum atomic E-state index is 4.27. The summed E-state index contributed by atoms with van der Waals surface area (Å²) in [6, 6.07) is 0. The summed E-state index contributed by atoms with van der Waals surface area (Å²) in [6.45, 7) is 11.1. The lowest BCUT2D eigenvalue weighted by Gasteiger charge is -2.25. The largest absolute Gasteiger partial charge is 0.312 e. The fraction of sp³-hybridized carbons (Fsp3) is 0.800. The van der Waals surface area contributed by atoms with E-state index < -0.39 is 0 Å². The van der Waals surface area contributed by atoms with Gasteiger partial charge in [-0.1, -0.05) is 40.0 Å². The molecule has 0 amide bonds. The normalized spacial score (nSPS) is 12.1. The van der Waals surface area contributed by atoms with E-state index in [0.717, 1.165) is 13.1 Å². The van der Waals surface area contributed by atoms with Gasteiger partial charge in [0.2, 0.25) is 0 Å². The van der Waals surface area contributed by atoms with Gasteiger partial charge in [-0.15, -0.1) is 0 Å². The van der Waals surface area contributed by atoms with Crippen molar-refractivity contribution in [1.82, 2.24) is 15.1 Å². The molecule has 0 aliphatic rings. The van der Waals surface area contributed by atoms with Gasteiger partial charge in [0.25, 0.3) is 0 Å². The van der Waals surface area contributed by atoms with Crippen LogP contribution in [0.4, 0.5) is 0 Å². The minimum atomic E-state index is 0.394. The average molecular weight is 251 g/mol. The van der Waals surface area contributed by atoms with Crippen molar-refractivity contribution in [2.45, 2.75) is 59.9 Å². The molecule has 0 aliphatic carbocycles. The lowest BCUT2D eigenvalue weighted by molar-refractivity contribution is 0.302. The average Bonchev–Trinajstić information content (AvgIpc) is 2.61. The van der Waals surface area contributed by atoms with Crippen LogP contribution in [0.2, 0.25) is 0 Å². The number of hydrogen-bond donors (Lipinski definition) is 1. The molecular weight excluding hydrogens is 222 g/mol. The molecular formula is C15H29N3. The highest BCUT2D eigenvalue weighted by molar-refractivity contribution is 5.15. The van der Waals surface area contributed by atoms with E-state index in [9.17, 15) is 0 Å². The fourth-order valence-corrected chi connectivity index (χ4v) is 2.20. The zero-order valence-electron chi connectivity index (χ0n) is 12.7. The molecule has 1 N–H and O–H groups in total. The third kappa shape index (κ3) is 4.81. The molecule has 1 rings (SSSR count). The zero-order chi connectivity index (χ0) is 13.6. The smallest absolute Gasteiger partial charge is 0.0537 e. The van der Waals surface area contributed by atoms with Crippen molar-refractivity contribution in [3.8, 4) is 0 Å². The quantitative estimate of drug-likeness (QED) is 0.717. The van der Waals surface area contributed by atoms with Gasteiger partial charge in [-0.05, 0) is 18.8 Å². The Hall–Kier alpha value is -0.830. The Balaban J connectivity index is 2.30. The second kappa shape index (κ2) is 6.93. The van der Waals surface area contributed by atoms with E-state index in [-0.39, 0.29) is 0 Å². The molecule has 3 heteroatoms. The molecule has 0 saturated heterocycles. The number of rotatable bonds is 8. The van der Waals surface area contributed by atoms with E-state index >= 15 is 0 Å². The van der Waals surface area contributed by atoms with Gasteiger partial charge in [0.1, 0.15) is 0 Å². The number of hydrogen-bond acceptors (Lipinski definition) is 2. The van der Waals surface area contributed by atoms with E-state index in [2.05, 4.69) is 38.1 Å². The van der Waals surface area contributed by atoms with Crippen LogP contribution < -0.4 is 5.32 Å². The van der Waals surface area contributed by atoms with Gasteiger partial charge in [0.05, 0.1) is 6.20 Å². The zero-order valence-corrected chi connectivity index (χ0v) is 12.7. The molecule has 0 saturated carbocycles. The molecule has 1 aromatic rings. The summed E-state index contributed by atoms with van der Waals surface area (Å²) in [6.07, 6.45) is 7.27. The maximum absolute atomic E-state index is 4.27. The number of nitrogens with one attached hydrogen (secondary N) is 1. The van der Waals surface area contributed by atoms with Crippen molar-refractivity contribution >= 4 is 0 Å². The summed E-state index contributed by atoms with van der Waals surface area (Å²) in [4.78, 5) is 0. The van der Waals surface area contributed by atoms with Gasteiger partial charge in [-0.25, -0.2) is 0 Å². The predicted molar refractivity (Wildman–Crippen MR) is 77.6 cm³/mol. The Morgan fingerprint density at radius 2 is 2.06 bits per heavy atom. The van der Waals surface area contributed by atoms with E-state index in [1.807, 2.05) is 17.9 Å². The molecule has 0 fully saturated rings. The topological polar surface area (TPSA) is 29.9 Å². The number of nitrogens with zero attached hydrogens (tertiary/aromatic N) is 2. The monoisotopic (exact) mass is 251 g/mol. The Bertz CT molecular complexity index is 353. The summed E-state index contributed by atoms with van der Waals surface area (Å²) in [5.41, 5.74) is 2.96. The second-order valence-electron chi connectivity index (χ2n) is 6.10. The highest BCUT2D eigenvalue weighted by Crippen LogP contribution is 2.22. The molecule has 0 atom stereocenters. The first-order valence-electron chi connectivity index (χ1n) is 7.14. The van der Waals surface area contributed by atoms with Crippen molar-refractivity contribution < 1.29 is 0 Å².